The molecule has 5 heteroatoms. The van der Waals surface area contributed by atoms with Crippen molar-refractivity contribution >= 4 is 5.96 Å². The molecule has 2 rings (SSSR count). The van der Waals surface area contributed by atoms with E-state index >= 15 is 0 Å². The second-order valence-electron chi connectivity index (χ2n) is 5.76. The highest BCUT2D eigenvalue weighted by Crippen LogP contribution is 2.14. The van der Waals surface area contributed by atoms with Crippen molar-refractivity contribution in [2.24, 2.45) is 4.99 Å². The minimum absolute atomic E-state index is 0.184. The van der Waals surface area contributed by atoms with Crippen molar-refractivity contribution in [3.05, 3.63) is 29.8 Å². The average Bonchev–Trinajstić information content (AvgIpc) is 3.00. The zero-order valence-corrected chi connectivity index (χ0v) is 13.8. The molecule has 0 bridgehead atoms. The van der Waals surface area contributed by atoms with E-state index in [4.69, 9.17) is 9.47 Å². The molecule has 0 spiro atoms. The van der Waals surface area contributed by atoms with Crippen LogP contribution in [0.15, 0.2) is 29.3 Å². The summed E-state index contributed by atoms with van der Waals surface area (Å²) >= 11 is 0. The van der Waals surface area contributed by atoms with Crippen molar-refractivity contribution < 1.29 is 9.47 Å². The van der Waals surface area contributed by atoms with Crippen LogP contribution < -0.4 is 15.4 Å². The standard InChI is InChI=1S/C17H27N3O2/c1-13(2)22-15-7-4-6-14(10-15)11-19-17(18-3)20-12-16-8-5-9-21-16/h4,6-7,10,13,16H,5,8-9,11-12H2,1-3H3,(H2,18,19,20). The first kappa shape index (κ1) is 16.6. The van der Waals surface area contributed by atoms with Gasteiger partial charge in [0, 0.05) is 26.7 Å². The van der Waals surface area contributed by atoms with E-state index in [2.05, 4.69) is 27.8 Å². The number of aliphatic imine (C=N–C) groups is 1. The lowest BCUT2D eigenvalue weighted by molar-refractivity contribution is 0.114. The molecule has 122 valence electrons. The summed E-state index contributed by atoms with van der Waals surface area (Å²) in [6, 6.07) is 8.12. The minimum atomic E-state index is 0.184. The number of nitrogens with one attached hydrogen (secondary N) is 2. The second kappa shape index (κ2) is 8.63. The molecule has 0 amide bonds. The third-order valence-electron chi connectivity index (χ3n) is 3.47. The summed E-state index contributed by atoms with van der Waals surface area (Å²) in [6.45, 7) is 6.45. The number of rotatable bonds is 6. The lowest BCUT2D eigenvalue weighted by Gasteiger charge is -2.15. The maximum Gasteiger partial charge on any atom is 0.191 e. The van der Waals surface area contributed by atoms with Crippen LogP contribution >= 0.6 is 0 Å². The Kier molecular flexibility index (Phi) is 6.52. The van der Waals surface area contributed by atoms with Gasteiger partial charge in [-0.2, -0.15) is 0 Å². The van der Waals surface area contributed by atoms with Gasteiger partial charge in [0.1, 0.15) is 5.75 Å². The zero-order chi connectivity index (χ0) is 15.8. The van der Waals surface area contributed by atoms with Gasteiger partial charge in [0.15, 0.2) is 5.96 Å². The van der Waals surface area contributed by atoms with Crippen LogP contribution in [0.3, 0.4) is 0 Å². The molecule has 1 unspecified atom stereocenters. The zero-order valence-electron chi connectivity index (χ0n) is 13.8. The fourth-order valence-corrected chi connectivity index (χ4v) is 2.42. The van der Waals surface area contributed by atoms with Crippen LogP contribution in [0.25, 0.3) is 0 Å². The molecule has 1 saturated heterocycles. The molecule has 1 aliphatic rings. The van der Waals surface area contributed by atoms with E-state index in [1.807, 2.05) is 26.0 Å². The number of benzene rings is 1. The second-order valence-corrected chi connectivity index (χ2v) is 5.76. The van der Waals surface area contributed by atoms with Crippen LogP contribution in [0.2, 0.25) is 0 Å². The van der Waals surface area contributed by atoms with Gasteiger partial charge in [-0.1, -0.05) is 12.1 Å². The summed E-state index contributed by atoms with van der Waals surface area (Å²) in [5, 5.41) is 6.63. The van der Waals surface area contributed by atoms with E-state index in [1.165, 1.54) is 5.56 Å². The van der Waals surface area contributed by atoms with Crippen LogP contribution in [0.1, 0.15) is 32.3 Å². The molecule has 5 nitrogen and oxygen atoms in total. The molecular formula is C17H27N3O2. The van der Waals surface area contributed by atoms with Gasteiger partial charge in [-0.05, 0) is 44.4 Å². The SMILES string of the molecule is CN=C(NCc1cccc(OC(C)C)c1)NCC1CCCO1. The fourth-order valence-electron chi connectivity index (χ4n) is 2.42. The fraction of sp³-hybridized carbons (Fsp3) is 0.588. The quantitative estimate of drug-likeness (QED) is 0.625. The van der Waals surface area contributed by atoms with Crippen LogP contribution in [-0.4, -0.2) is 38.4 Å². The molecule has 0 aliphatic carbocycles. The Hall–Kier alpha value is -1.75. The van der Waals surface area contributed by atoms with Gasteiger partial charge < -0.3 is 20.1 Å². The van der Waals surface area contributed by atoms with E-state index < -0.39 is 0 Å². The topological polar surface area (TPSA) is 54.9 Å². The van der Waals surface area contributed by atoms with Crippen LogP contribution in [0.5, 0.6) is 5.75 Å². The monoisotopic (exact) mass is 305 g/mol. The summed E-state index contributed by atoms with van der Waals surface area (Å²) in [5.74, 6) is 1.70. The summed E-state index contributed by atoms with van der Waals surface area (Å²) in [6.07, 6.45) is 2.77. The summed E-state index contributed by atoms with van der Waals surface area (Å²) in [4.78, 5) is 4.24. The molecule has 0 saturated carbocycles. The van der Waals surface area contributed by atoms with Crippen molar-refractivity contribution in [1.82, 2.24) is 10.6 Å². The maximum absolute atomic E-state index is 5.71. The molecule has 1 aliphatic heterocycles. The first-order valence-corrected chi connectivity index (χ1v) is 7.99. The van der Waals surface area contributed by atoms with Crippen molar-refractivity contribution in [2.45, 2.75) is 45.4 Å². The molecule has 0 aromatic heterocycles. The smallest absolute Gasteiger partial charge is 0.191 e. The number of hydrogen-bond acceptors (Lipinski definition) is 3. The van der Waals surface area contributed by atoms with Gasteiger partial charge in [-0.25, -0.2) is 0 Å². The van der Waals surface area contributed by atoms with Crippen LogP contribution in [0.4, 0.5) is 0 Å². The summed E-state index contributed by atoms with van der Waals surface area (Å²) < 4.78 is 11.3. The van der Waals surface area contributed by atoms with Crippen molar-refractivity contribution in [3.8, 4) is 5.75 Å². The average molecular weight is 305 g/mol. The molecule has 1 aromatic rings. The van der Waals surface area contributed by atoms with Gasteiger partial charge >= 0.3 is 0 Å². The van der Waals surface area contributed by atoms with Crippen LogP contribution in [0, 0.1) is 0 Å². The van der Waals surface area contributed by atoms with Crippen molar-refractivity contribution in [3.63, 3.8) is 0 Å². The largest absolute Gasteiger partial charge is 0.491 e. The highest BCUT2D eigenvalue weighted by Gasteiger charge is 2.15. The Bertz CT molecular complexity index is 483. The third kappa shape index (κ3) is 5.56. The number of hydrogen-bond donors (Lipinski definition) is 2. The predicted octanol–water partition coefficient (Wildman–Crippen LogP) is 2.32. The molecule has 1 fully saturated rings. The Balaban J connectivity index is 1.79. The van der Waals surface area contributed by atoms with Crippen molar-refractivity contribution in [1.29, 1.82) is 0 Å². The third-order valence-corrected chi connectivity index (χ3v) is 3.47. The van der Waals surface area contributed by atoms with E-state index in [1.54, 1.807) is 7.05 Å². The molecule has 1 aromatic carbocycles. The van der Waals surface area contributed by atoms with Crippen molar-refractivity contribution in [2.75, 3.05) is 20.2 Å². The van der Waals surface area contributed by atoms with E-state index in [0.717, 1.165) is 37.7 Å². The minimum Gasteiger partial charge on any atom is -0.491 e. The molecular weight excluding hydrogens is 278 g/mol. The number of guanidine groups is 1. The van der Waals surface area contributed by atoms with E-state index in [-0.39, 0.29) is 6.10 Å². The Morgan fingerprint density at radius 2 is 2.27 bits per heavy atom. The highest BCUT2D eigenvalue weighted by atomic mass is 16.5. The van der Waals surface area contributed by atoms with Gasteiger partial charge in [0.05, 0.1) is 12.2 Å². The Morgan fingerprint density at radius 3 is 2.95 bits per heavy atom. The molecule has 1 heterocycles. The first-order chi connectivity index (χ1) is 10.7. The molecule has 22 heavy (non-hydrogen) atoms. The maximum atomic E-state index is 5.71. The lowest BCUT2D eigenvalue weighted by Crippen LogP contribution is -2.40. The Labute approximate surface area is 133 Å². The molecule has 1 atom stereocenters. The molecule has 0 radical (unpaired) electrons. The first-order valence-electron chi connectivity index (χ1n) is 7.99. The predicted molar refractivity (Wildman–Crippen MR) is 89.4 cm³/mol. The highest BCUT2D eigenvalue weighted by molar-refractivity contribution is 5.79. The lowest BCUT2D eigenvalue weighted by atomic mass is 10.2. The van der Waals surface area contributed by atoms with Gasteiger partial charge in [-0.3, -0.25) is 4.99 Å². The van der Waals surface area contributed by atoms with E-state index in [9.17, 15) is 0 Å². The molecule has 2 N–H and O–H groups in total. The van der Waals surface area contributed by atoms with Gasteiger partial charge in [0.2, 0.25) is 0 Å². The van der Waals surface area contributed by atoms with Gasteiger partial charge in [0.25, 0.3) is 0 Å². The van der Waals surface area contributed by atoms with Crippen LogP contribution in [-0.2, 0) is 11.3 Å². The van der Waals surface area contributed by atoms with Gasteiger partial charge in [-0.15, -0.1) is 0 Å². The Morgan fingerprint density at radius 1 is 1.41 bits per heavy atom. The summed E-state index contributed by atoms with van der Waals surface area (Å²) in [7, 11) is 1.78. The number of nitrogens with zero attached hydrogens (tertiary/aromatic N) is 1. The summed E-state index contributed by atoms with van der Waals surface area (Å²) in [5.41, 5.74) is 1.17. The number of ether oxygens (including phenoxy) is 2. The van der Waals surface area contributed by atoms with E-state index in [0.29, 0.717) is 12.6 Å². The normalized spacial score (nSPS) is 18.5.